The van der Waals surface area contributed by atoms with E-state index in [1.54, 1.807) is 11.3 Å². The molecular formula is C16H22N2O2S. The number of anilines is 1. The van der Waals surface area contributed by atoms with Crippen molar-refractivity contribution in [3.63, 3.8) is 0 Å². The number of thiazole rings is 1. The highest BCUT2D eigenvalue weighted by Crippen LogP contribution is 2.42. The predicted octanol–water partition coefficient (Wildman–Crippen LogP) is 3.27. The summed E-state index contributed by atoms with van der Waals surface area (Å²) in [7, 11) is 0. The highest BCUT2D eigenvalue weighted by Gasteiger charge is 2.36. The van der Waals surface area contributed by atoms with Crippen molar-refractivity contribution >= 4 is 22.4 Å². The summed E-state index contributed by atoms with van der Waals surface area (Å²) in [4.78, 5) is 19.6. The fraction of sp³-hybridized carbons (Fsp3) is 0.750. The smallest absolute Gasteiger partial charge is 0.312 e. The van der Waals surface area contributed by atoms with Gasteiger partial charge in [0.25, 0.3) is 0 Å². The lowest BCUT2D eigenvalue weighted by molar-refractivity contribution is -0.138. The van der Waals surface area contributed by atoms with Crippen LogP contribution in [0.5, 0.6) is 0 Å². The first-order valence-electron chi connectivity index (χ1n) is 8.19. The van der Waals surface area contributed by atoms with E-state index in [4.69, 9.17) is 4.98 Å². The zero-order valence-corrected chi connectivity index (χ0v) is 13.1. The third-order valence-corrected chi connectivity index (χ3v) is 6.76. The summed E-state index contributed by atoms with van der Waals surface area (Å²) < 4.78 is 0. The van der Waals surface area contributed by atoms with Gasteiger partial charge < -0.3 is 10.0 Å². The lowest BCUT2D eigenvalue weighted by atomic mass is 9.75. The topological polar surface area (TPSA) is 53.4 Å². The second-order valence-corrected chi connectivity index (χ2v) is 7.84. The maximum atomic E-state index is 11.3. The molecule has 4 nitrogen and oxygen atoms in total. The first-order valence-corrected chi connectivity index (χ1v) is 9.01. The molecule has 114 valence electrons. The summed E-state index contributed by atoms with van der Waals surface area (Å²) in [6.45, 7) is 2.24. The molecule has 5 heteroatoms. The Morgan fingerprint density at radius 1 is 1.19 bits per heavy atom. The van der Waals surface area contributed by atoms with Crippen molar-refractivity contribution in [1.29, 1.82) is 0 Å². The molecule has 0 bridgehead atoms. The van der Waals surface area contributed by atoms with Crippen molar-refractivity contribution in [2.45, 2.75) is 50.9 Å². The number of carbonyl (C=O) groups is 1. The molecule has 2 fully saturated rings. The van der Waals surface area contributed by atoms with E-state index in [0.717, 1.165) is 48.6 Å². The van der Waals surface area contributed by atoms with Gasteiger partial charge in [0.05, 0.1) is 5.69 Å². The minimum atomic E-state index is -0.711. The Bertz CT molecular complexity index is 556. The number of aryl methyl sites for hydroxylation is 1. The van der Waals surface area contributed by atoms with Gasteiger partial charge in [0.2, 0.25) is 0 Å². The van der Waals surface area contributed by atoms with Crippen molar-refractivity contribution in [3.05, 3.63) is 10.6 Å². The van der Waals surface area contributed by atoms with E-state index < -0.39 is 5.97 Å². The van der Waals surface area contributed by atoms with Crippen LogP contribution < -0.4 is 4.90 Å². The third-order valence-electron chi connectivity index (χ3n) is 5.57. The molecule has 0 amide bonds. The fourth-order valence-corrected chi connectivity index (χ4v) is 5.54. The summed E-state index contributed by atoms with van der Waals surface area (Å²) in [5.41, 5.74) is 0.855. The van der Waals surface area contributed by atoms with Crippen LogP contribution in [0.4, 0.5) is 5.13 Å². The van der Waals surface area contributed by atoms with Crippen LogP contribution in [0.3, 0.4) is 0 Å². The average Bonchev–Trinajstić information content (AvgIpc) is 3.06. The van der Waals surface area contributed by atoms with E-state index in [0.29, 0.717) is 0 Å². The van der Waals surface area contributed by atoms with Gasteiger partial charge in [-0.25, -0.2) is 4.98 Å². The van der Waals surface area contributed by atoms with Crippen LogP contribution in [0.25, 0.3) is 0 Å². The van der Waals surface area contributed by atoms with Crippen molar-refractivity contribution in [1.82, 2.24) is 4.98 Å². The number of nitrogens with zero attached hydrogens (tertiary/aromatic N) is 2. The number of piperidine rings is 1. The van der Waals surface area contributed by atoms with Crippen LogP contribution in [-0.2, 0) is 11.2 Å². The number of hydrogen-bond acceptors (Lipinski definition) is 4. The van der Waals surface area contributed by atoms with Gasteiger partial charge >= 0.3 is 5.97 Å². The molecule has 21 heavy (non-hydrogen) atoms. The number of hydrogen-bond donors (Lipinski definition) is 1. The number of rotatable bonds is 2. The number of aromatic nitrogens is 1. The van der Waals surface area contributed by atoms with E-state index in [1.807, 2.05) is 0 Å². The maximum Gasteiger partial charge on any atom is 0.312 e. The molecule has 2 aliphatic carbocycles. The summed E-state index contributed by atoms with van der Waals surface area (Å²) >= 11 is 1.74. The fourth-order valence-electron chi connectivity index (χ4n) is 4.36. The molecule has 1 aliphatic heterocycles. The lowest BCUT2D eigenvalue weighted by Crippen LogP contribution is -2.41. The Morgan fingerprint density at radius 2 is 2.00 bits per heavy atom. The molecule has 3 atom stereocenters. The van der Waals surface area contributed by atoms with Gasteiger partial charge in [-0.3, -0.25) is 4.79 Å². The van der Waals surface area contributed by atoms with Gasteiger partial charge in [0.15, 0.2) is 5.13 Å². The average molecular weight is 306 g/mol. The minimum absolute atomic E-state index is 0.364. The highest BCUT2D eigenvalue weighted by atomic mass is 32.1. The molecule has 1 aromatic rings. The standard InChI is InChI=1S/C16H22N2O2S/c19-15(20)12-5-6-13-14(12)17-16(21-13)18-8-7-10-3-1-2-4-11(10)9-18/h10-12H,1-9H2,(H,19,20). The maximum absolute atomic E-state index is 11.3. The third kappa shape index (κ3) is 2.35. The van der Waals surface area contributed by atoms with E-state index >= 15 is 0 Å². The largest absolute Gasteiger partial charge is 0.481 e. The molecule has 0 spiro atoms. The molecule has 3 unspecified atom stereocenters. The van der Waals surface area contributed by atoms with Crippen LogP contribution in [0.1, 0.15) is 55.0 Å². The Labute approximate surface area is 129 Å². The van der Waals surface area contributed by atoms with Gasteiger partial charge in [-0.05, 0) is 37.5 Å². The minimum Gasteiger partial charge on any atom is -0.481 e. The molecule has 0 aromatic carbocycles. The van der Waals surface area contributed by atoms with Gasteiger partial charge in [-0.1, -0.05) is 19.3 Å². The van der Waals surface area contributed by atoms with E-state index in [-0.39, 0.29) is 5.92 Å². The first kappa shape index (κ1) is 13.6. The molecule has 1 N–H and O–H groups in total. The highest BCUT2D eigenvalue weighted by molar-refractivity contribution is 7.15. The number of aliphatic carboxylic acids is 1. The van der Waals surface area contributed by atoms with Gasteiger partial charge in [-0.2, -0.15) is 0 Å². The van der Waals surface area contributed by atoms with Crippen molar-refractivity contribution in [2.24, 2.45) is 11.8 Å². The van der Waals surface area contributed by atoms with E-state index in [2.05, 4.69) is 4.90 Å². The van der Waals surface area contributed by atoms with Crippen molar-refractivity contribution in [3.8, 4) is 0 Å². The lowest BCUT2D eigenvalue weighted by Gasteiger charge is -2.41. The Balaban J connectivity index is 1.52. The Hall–Kier alpha value is -1.10. The summed E-state index contributed by atoms with van der Waals surface area (Å²) in [6.07, 6.45) is 8.48. The quantitative estimate of drug-likeness (QED) is 0.911. The zero-order valence-electron chi connectivity index (χ0n) is 12.3. The number of fused-ring (bicyclic) bond motifs is 2. The molecule has 1 saturated carbocycles. The molecule has 1 saturated heterocycles. The second-order valence-electron chi connectivity index (χ2n) is 6.77. The molecule has 3 aliphatic rings. The van der Waals surface area contributed by atoms with Crippen molar-refractivity contribution < 1.29 is 9.90 Å². The second kappa shape index (κ2) is 5.27. The van der Waals surface area contributed by atoms with Gasteiger partial charge in [0, 0.05) is 18.0 Å². The molecule has 2 heterocycles. The molecule has 4 rings (SSSR count). The van der Waals surface area contributed by atoms with E-state index in [1.165, 1.54) is 37.0 Å². The Kier molecular flexibility index (Phi) is 3.40. The molecular weight excluding hydrogens is 284 g/mol. The van der Waals surface area contributed by atoms with Crippen molar-refractivity contribution in [2.75, 3.05) is 18.0 Å². The zero-order chi connectivity index (χ0) is 14.4. The van der Waals surface area contributed by atoms with Crippen LogP contribution in [0, 0.1) is 11.8 Å². The van der Waals surface area contributed by atoms with E-state index in [9.17, 15) is 9.90 Å². The number of carboxylic acids is 1. The summed E-state index contributed by atoms with van der Waals surface area (Å²) in [6, 6.07) is 0. The summed E-state index contributed by atoms with van der Waals surface area (Å²) in [5.74, 6) is 0.684. The SMILES string of the molecule is O=C(O)C1CCc2sc(N3CCC4CCCCC4C3)nc21. The van der Waals surface area contributed by atoms with Crippen LogP contribution in [0.15, 0.2) is 0 Å². The van der Waals surface area contributed by atoms with Crippen LogP contribution in [0.2, 0.25) is 0 Å². The van der Waals surface area contributed by atoms with Crippen LogP contribution >= 0.6 is 11.3 Å². The summed E-state index contributed by atoms with van der Waals surface area (Å²) in [5, 5.41) is 10.4. The van der Waals surface area contributed by atoms with Gasteiger partial charge in [-0.15, -0.1) is 11.3 Å². The van der Waals surface area contributed by atoms with Crippen LogP contribution in [-0.4, -0.2) is 29.1 Å². The predicted molar refractivity (Wildman–Crippen MR) is 83.1 cm³/mol. The molecule has 0 radical (unpaired) electrons. The normalized spacial score (nSPS) is 31.8. The first-order chi connectivity index (χ1) is 10.2. The monoisotopic (exact) mass is 306 g/mol. The Morgan fingerprint density at radius 3 is 2.81 bits per heavy atom. The number of carboxylic acid groups (broad SMARTS) is 1. The molecule has 1 aromatic heterocycles. The van der Waals surface area contributed by atoms with Gasteiger partial charge in [0.1, 0.15) is 5.92 Å².